The minimum Gasteiger partial charge on any atom is -0.508 e. The number of ether oxygens (including phenoxy) is 2. The highest BCUT2D eigenvalue weighted by Gasteiger charge is 2.36. The molecule has 5 N–H and O–H groups in total. The van der Waals surface area contributed by atoms with E-state index in [1.165, 1.54) is 36.3 Å². The summed E-state index contributed by atoms with van der Waals surface area (Å²) in [6.07, 6.45) is -0.00279. The zero-order chi connectivity index (χ0) is 28.2. The molecule has 12 heteroatoms. The number of carbonyl (C=O) groups excluding carboxylic acids is 5. The van der Waals surface area contributed by atoms with Crippen LogP contribution in [0, 0.1) is 0 Å². The summed E-state index contributed by atoms with van der Waals surface area (Å²) in [5.74, 6) is -2.72. The van der Waals surface area contributed by atoms with Crippen molar-refractivity contribution in [3.8, 4) is 5.75 Å². The molecule has 1 aromatic rings. The summed E-state index contributed by atoms with van der Waals surface area (Å²) < 4.78 is 9.85. The number of methoxy groups -OCH3 is 1. The zero-order valence-electron chi connectivity index (χ0n) is 22.0. The Morgan fingerprint density at radius 1 is 1.11 bits per heavy atom. The molecule has 2 unspecified atom stereocenters. The predicted molar refractivity (Wildman–Crippen MR) is 134 cm³/mol. The van der Waals surface area contributed by atoms with Crippen molar-refractivity contribution in [3.05, 3.63) is 29.8 Å². The second kappa shape index (κ2) is 14.7. The van der Waals surface area contributed by atoms with Gasteiger partial charge in [0, 0.05) is 13.0 Å². The second-order valence-electron chi connectivity index (χ2n) is 9.38. The Labute approximate surface area is 216 Å². The summed E-state index contributed by atoms with van der Waals surface area (Å²) in [5, 5.41) is 14.7. The molecule has 2 atom stereocenters. The Balaban J connectivity index is 3.45. The molecule has 0 aromatic heterocycles. The number of alkyl carbamates (subject to hydrolysis) is 1. The van der Waals surface area contributed by atoms with Crippen LogP contribution in [0.15, 0.2) is 24.3 Å². The van der Waals surface area contributed by atoms with Gasteiger partial charge in [-0.2, -0.15) is 0 Å². The van der Waals surface area contributed by atoms with Gasteiger partial charge in [0.1, 0.15) is 30.0 Å². The van der Waals surface area contributed by atoms with Crippen LogP contribution in [-0.2, 0) is 28.7 Å². The van der Waals surface area contributed by atoms with Crippen molar-refractivity contribution in [2.45, 2.75) is 71.1 Å². The Bertz CT molecular complexity index is 943. The molecule has 4 amide bonds. The van der Waals surface area contributed by atoms with Gasteiger partial charge in [0.25, 0.3) is 0 Å². The van der Waals surface area contributed by atoms with Gasteiger partial charge in [0.05, 0.1) is 7.11 Å². The first-order valence-electron chi connectivity index (χ1n) is 12.0. The summed E-state index contributed by atoms with van der Waals surface area (Å²) in [6, 6.07) is 3.23. The maximum atomic E-state index is 13.8. The van der Waals surface area contributed by atoms with E-state index in [4.69, 9.17) is 10.5 Å². The van der Waals surface area contributed by atoms with Crippen LogP contribution in [0.4, 0.5) is 4.79 Å². The van der Waals surface area contributed by atoms with Crippen LogP contribution in [0.3, 0.4) is 0 Å². The molecule has 0 saturated carbocycles. The average Bonchev–Trinajstić information content (AvgIpc) is 2.81. The summed E-state index contributed by atoms with van der Waals surface area (Å²) in [5.41, 5.74) is 4.80. The fraction of sp³-hybridized carbons (Fsp3) is 0.560. The molecule has 0 aliphatic heterocycles. The highest BCUT2D eigenvalue weighted by molar-refractivity contribution is 5.93. The van der Waals surface area contributed by atoms with Crippen molar-refractivity contribution in [3.63, 3.8) is 0 Å². The number of esters is 1. The molecule has 206 valence electrons. The van der Waals surface area contributed by atoms with Crippen LogP contribution in [-0.4, -0.2) is 71.6 Å². The maximum Gasteiger partial charge on any atom is 0.408 e. The van der Waals surface area contributed by atoms with Gasteiger partial charge < -0.3 is 35.8 Å². The van der Waals surface area contributed by atoms with E-state index >= 15 is 0 Å². The number of hydrogen-bond acceptors (Lipinski definition) is 8. The largest absolute Gasteiger partial charge is 0.508 e. The number of nitrogens with zero attached hydrogens (tertiary/aromatic N) is 1. The highest BCUT2D eigenvalue weighted by atomic mass is 16.6. The number of benzene rings is 1. The SMILES string of the molecule is CCCCN(C(=O)C(CCC(N)=O)NC(=O)OC(C)(C)C)C(C(=O)NCC(=O)OC)c1ccc(O)cc1. The number of aromatic hydroxyl groups is 1. The maximum absolute atomic E-state index is 13.8. The van der Waals surface area contributed by atoms with Crippen LogP contribution in [0.2, 0.25) is 0 Å². The van der Waals surface area contributed by atoms with Crippen LogP contribution in [0.1, 0.15) is 65.0 Å². The number of rotatable bonds is 13. The van der Waals surface area contributed by atoms with Crippen molar-refractivity contribution in [2.24, 2.45) is 5.73 Å². The van der Waals surface area contributed by atoms with Gasteiger partial charge in [-0.3, -0.25) is 19.2 Å². The van der Waals surface area contributed by atoms with Gasteiger partial charge in [0.15, 0.2) is 0 Å². The van der Waals surface area contributed by atoms with Gasteiger partial charge in [-0.05, 0) is 51.3 Å². The number of hydrogen-bond donors (Lipinski definition) is 4. The molecule has 37 heavy (non-hydrogen) atoms. The summed E-state index contributed by atoms with van der Waals surface area (Å²) in [7, 11) is 1.18. The van der Waals surface area contributed by atoms with E-state index in [1.54, 1.807) is 20.8 Å². The number of phenols is 1. The molecular weight excluding hydrogens is 484 g/mol. The monoisotopic (exact) mass is 522 g/mol. The number of phenolic OH excluding ortho intramolecular Hbond substituents is 1. The van der Waals surface area contributed by atoms with Gasteiger partial charge in [-0.15, -0.1) is 0 Å². The Morgan fingerprint density at radius 3 is 2.24 bits per heavy atom. The lowest BCUT2D eigenvalue weighted by atomic mass is 10.0. The summed E-state index contributed by atoms with van der Waals surface area (Å²) in [4.78, 5) is 64.0. The predicted octanol–water partition coefficient (Wildman–Crippen LogP) is 1.51. The first-order valence-corrected chi connectivity index (χ1v) is 12.0. The van der Waals surface area contributed by atoms with E-state index in [1.807, 2.05) is 6.92 Å². The Morgan fingerprint density at radius 2 is 1.73 bits per heavy atom. The summed E-state index contributed by atoms with van der Waals surface area (Å²) >= 11 is 0. The smallest absolute Gasteiger partial charge is 0.408 e. The molecule has 0 bridgehead atoms. The normalized spacial score (nSPS) is 12.6. The third kappa shape index (κ3) is 11.2. The fourth-order valence-electron chi connectivity index (χ4n) is 3.35. The van der Waals surface area contributed by atoms with E-state index < -0.39 is 54.0 Å². The minimum atomic E-state index is -1.23. The third-order valence-electron chi connectivity index (χ3n) is 5.11. The zero-order valence-corrected chi connectivity index (χ0v) is 22.0. The van der Waals surface area contributed by atoms with E-state index in [0.717, 1.165) is 0 Å². The van der Waals surface area contributed by atoms with Gasteiger partial charge in [-0.25, -0.2) is 4.79 Å². The summed E-state index contributed by atoms with van der Waals surface area (Å²) in [6.45, 7) is 6.57. The number of amides is 4. The fourth-order valence-corrected chi connectivity index (χ4v) is 3.35. The first kappa shape index (κ1) is 31.2. The molecule has 0 heterocycles. The average molecular weight is 523 g/mol. The standard InChI is InChI=1S/C25H38N4O8/c1-6-7-14-29(23(34)18(12-13-19(26)31)28-24(35)37-25(2,3)4)21(16-8-10-17(30)11-9-16)22(33)27-15-20(32)36-5/h8-11,18,21,30H,6-7,12-15H2,1-5H3,(H2,26,31)(H,27,33)(H,28,35). The number of primary amides is 1. The van der Waals surface area contributed by atoms with Crippen LogP contribution in [0.25, 0.3) is 0 Å². The quantitative estimate of drug-likeness (QED) is 0.282. The van der Waals surface area contributed by atoms with Gasteiger partial charge in [-0.1, -0.05) is 25.5 Å². The molecule has 1 aromatic carbocycles. The second-order valence-corrected chi connectivity index (χ2v) is 9.38. The van der Waals surface area contributed by atoms with Crippen molar-refractivity contribution in [2.75, 3.05) is 20.2 Å². The molecule has 0 aliphatic rings. The molecule has 0 spiro atoms. The molecular formula is C25H38N4O8. The highest BCUT2D eigenvalue weighted by Crippen LogP contribution is 2.25. The van der Waals surface area contributed by atoms with E-state index in [2.05, 4.69) is 15.4 Å². The lowest BCUT2D eigenvalue weighted by molar-refractivity contribution is -0.145. The van der Waals surface area contributed by atoms with Gasteiger partial charge >= 0.3 is 12.1 Å². The van der Waals surface area contributed by atoms with E-state index in [-0.39, 0.29) is 25.1 Å². The topological polar surface area (TPSA) is 177 Å². The van der Waals surface area contributed by atoms with Crippen LogP contribution in [0.5, 0.6) is 5.75 Å². The Hall–Kier alpha value is -3.83. The number of carbonyl (C=O) groups is 5. The van der Waals surface area contributed by atoms with Crippen molar-refractivity contribution in [1.29, 1.82) is 0 Å². The third-order valence-corrected chi connectivity index (χ3v) is 5.11. The molecule has 0 fully saturated rings. The molecule has 1 rings (SSSR count). The van der Waals surface area contributed by atoms with E-state index in [0.29, 0.717) is 18.4 Å². The number of nitrogens with two attached hydrogens (primary N) is 1. The minimum absolute atomic E-state index is 0.0465. The lowest BCUT2D eigenvalue weighted by Gasteiger charge is -2.34. The first-order chi connectivity index (χ1) is 17.3. The molecule has 0 aliphatic carbocycles. The van der Waals surface area contributed by atoms with Crippen LogP contribution < -0.4 is 16.4 Å². The Kier molecular flexibility index (Phi) is 12.4. The number of unbranched alkanes of at least 4 members (excludes halogenated alkanes) is 1. The van der Waals surface area contributed by atoms with Crippen molar-refractivity contribution in [1.82, 2.24) is 15.5 Å². The lowest BCUT2D eigenvalue weighted by Crippen LogP contribution is -2.53. The molecule has 0 radical (unpaired) electrons. The van der Waals surface area contributed by atoms with Crippen molar-refractivity contribution >= 4 is 29.8 Å². The number of nitrogens with one attached hydrogen (secondary N) is 2. The van der Waals surface area contributed by atoms with Crippen molar-refractivity contribution < 1.29 is 38.6 Å². The molecule has 12 nitrogen and oxygen atoms in total. The van der Waals surface area contributed by atoms with Gasteiger partial charge in [0.2, 0.25) is 17.7 Å². The van der Waals surface area contributed by atoms with Crippen LogP contribution >= 0.6 is 0 Å². The van der Waals surface area contributed by atoms with E-state index in [9.17, 15) is 29.1 Å². The molecule has 0 saturated heterocycles.